The zero-order chi connectivity index (χ0) is 32.5. The summed E-state index contributed by atoms with van der Waals surface area (Å²) in [6, 6.07) is -0.295. The number of benzene rings is 1. The number of allylic oxidation sites excluding steroid dienone is 1. The van der Waals surface area contributed by atoms with Crippen molar-refractivity contribution in [1.29, 1.82) is 0 Å². The van der Waals surface area contributed by atoms with Crippen molar-refractivity contribution in [1.82, 2.24) is 24.0 Å². The third-order valence-electron chi connectivity index (χ3n) is 6.87. The molecule has 1 N–H and O–H groups in total. The lowest BCUT2D eigenvalue weighted by Crippen LogP contribution is -2.49. The zero-order valence-corrected chi connectivity index (χ0v) is 24.7. The third-order valence-corrected chi connectivity index (χ3v) is 6.87. The van der Waals surface area contributed by atoms with Crippen molar-refractivity contribution in [3.8, 4) is 11.8 Å². The maximum atomic E-state index is 14.1. The molecule has 1 saturated heterocycles. The van der Waals surface area contributed by atoms with Crippen molar-refractivity contribution in [2.75, 3.05) is 18.0 Å². The number of nitrogens with one attached hydrogen (secondary N) is 1. The molecule has 44 heavy (non-hydrogen) atoms. The number of carbonyl (C=O) groups excluding carboxylic acids is 1. The zero-order valence-electron chi connectivity index (χ0n) is 24.7. The van der Waals surface area contributed by atoms with Gasteiger partial charge >= 0.3 is 11.8 Å². The second kappa shape index (κ2) is 12.6. The van der Waals surface area contributed by atoms with Crippen LogP contribution in [0.25, 0.3) is 17.2 Å². The Labute approximate surface area is 248 Å². The van der Waals surface area contributed by atoms with E-state index in [1.54, 1.807) is 27.7 Å². The number of amides is 1. The van der Waals surface area contributed by atoms with Crippen LogP contribution < -0.4 is 21.5 Å². The van der Waals surface area contributed by atoms with Gasteiger partial charge in [-0.05, 0) is 40.5 Å². The van der Waals surface area contributed by atoms with E-state index < -0.39 is 64.1 Å². The van der Waals surface area contributed by atoms with Crippen LogP contribution in [0.5, 0.6) is 0 Å². The molecule has 3 aromatic rings. The molecule has 1 unspecified atom stereocenters. The van der Waals surface area contributed by atoms with Gasteiger partial charge in [-0.15, -0.1) is 5.92 Å². The van der Waals surface area contributed by atoms with Crippen LogP contribution in [0.2, 0.25) is 0 Å². The van der Waals surface area contributed by atoms with Crippen molar-refractivity contribution in [3.05, 3.63) is 61.6 Å². The van der Waals surface area contributed by atoms with Gasteiger partial charge in [0, 0.05) is 32.7 Å². The minimum atomic E-state index is -2.30. The van der Waals surface area contributed by atoms with Crippen molar-refractivity contribution in [3.63, 3.8) is 0 Å². The summed E-state index contributed by atoms with van der Waals surface area (Å²) in [7, 11) is 1.38. The van der Waals surface area contributed by atoms with Gasteiger partial charge in [-0.2, -0.15) is 4.98 Å². The SMILES string of the molecule is CC#CCn1c(N2CCCC(NC(=O)OC(C)(C)C)C2)nc2c1c(=O)n(CC=Cc1c(F)c(F)c(F)c(F)c1F)c(=O)n2C. The van der Waals surface area contributed by atoms with E-state index in [0.29, 0.717) is 38.0 Å². The number of nitrogens with zero attached hydrogens (tertiary/aromatic N) is 5. The largest absolute Gasteiger partial charge is 0.444 e. The first-order valence-corrected chi connectivity index (χ1v) is 13.7. The number of aromatic nitrogens is 4. The van der Waals surface area contributed by atoms with Crippen LogP contribution in [0, 0.1) is 40.9 Å². The first-order chi connectivity index (χ1) is 20.7. The fourth-order valence-corrected chi connectivity index (χ4v) is 4.87. The van der Waals surface area contributed by atoms with E-state index in [9.17, 15) is 36.3 Å². The Morgan fingerprint density at radius 2 is 1.70 bits per heavy atom. The molecule has 1 amide bonds. The Hall–Kier alpha value is -4.61. The van der Waals surface area contributed by atoms with Crippen molar-refractivity contribution in [2.24, 2.45) is 7.05 Å². The van der Waals surface area contributed by atoms with E-state index in [0.717, 1.165) is 15.2 Å². The molecule has 15 heteroatoms. The van der Waals surface area contributed by atoms with Gasteiger partial charge in [0.05, 0.1) is 12.1 Å². The topological polar surface area (TPSA) is 103 Å². The number of rotatable bonds is 6. The van der Waals surface area contributed by atoms with Crippen LogP contribution in [0.15, 0.2) is 15.7 Å². The molecule has 0 saturated carbocycles. The molecule has 0 bridgehead atoms. The second-order valence-electron chi connectivity index (χ2n) is 11.2. The summed E-state index contributed by atoms with van der Waals surface area (Å²) < 4.78 is 77.6. The molecule has 0 spiro atoms. The smallest absolute Gasteiger partial charge is 0.407 e. The number of halogens is 5. The van der Waals surface area contributed by atoms with Gasteiger partial charge < -0.3 is 15.0 Å². The Morgan fingerprint density at radius 1 is 1.07 bits per heavy atom. The van der Waals surface area contributed by atoms with E-state index in [2.05, 4.69) is 22.1 Å². The second-order valence-corrected chi connectivity index (χ2v) is 11.2. The van der Waals surface area contributed by atoms with Crippen LogP contribution in [-0.4, -0.2) is 49.5 Å². The molecule has 1 atom stereocenters. The molecule has 0 aliphatic carbocycles. The number of carbonyl (C=O) groups is 1. The van der Waals surface area contributed by atoms with Gasteiger partial charge in [-0.3, -0.25) is 18.5 Å². The summed E-state index contributed by atoms with van der Waals surface area (Å²) in [5.41, 5.74) is -3.46. The van der Waals surface area contributed by atoms with Crippen LogP contribution in [0.4, 0.5) is 32.7 Å². The first kappa shape index (κ1) is 32.3. The van der Waals surface area contributed by atoms with E-state index in [1.807, 2.05) is 4.90 Å². The molecule has 236 valence electrons. The molecule has 1 aliphatic heterocycles. The molecule has 2 aromatic heterocycles. The van der Waals surface area contributed by atoms with Crippen LogP contribution in [-0.2, 0) is 24.9 Å². The maximum Gasteiger partial charge on any atom is 0.407 e. The number of ether oxygens (including phenoxy) is 1. The van der Waals surface area contributed by atoms with Gasteiger partial charge in [0.15, 0.2) is 34.4 Å². The Balaban J connectivity index is 1.73. The van der Waals surface area contributed by atoms with Crippen molar-refractivity contribution >= 4 is 29.3 Å². The molecule has 1 aromatic carbocycles. The van der Waals surface area contributed by atoms with Crippen molar-refractivity contribution < 1.29 is 31.5 Å². The van der Waals surface area contributed by atoms with Gasteiger partial charge in [0.2, 0.25) is 11.8 Å². The van der Waals surface area contributed by atoms with Gasteiger partial charge in [0.25, 0.3) is 5.56 Å². The highest BCUT2D eigenvalue weighted by Gasteiger charge is 2.29. The lowest BCUT2D eigenvalue weighted by atomic mass is 10.1. The van der Waals surface area contributed by atoms with E-state index in [4.69, 9.17) is 4.74 Å². The number of alkyl carbamates (subject to hydrolysis) is 1. The van der Waals surface area contributed by atoms with Crippen molar-refractivity contribution in [2.45, 2.75) is 65.3 Å². The molecular weight excluding hydrogens is 591 g/mol. The minimum absolute atomic E-state index is 0.0108. The predicted octanol–water partition coefficient (Wildman–Crippen LogP) is 3.82. The molecule has 4 rings (SSSR count). The quantitative estimate of drug-likeness (QED) is 0.194. The average Bonchev–Trinajstić information content (AvgIpc) is 3.35. The Bertz CT molecular complexity index is 1800. The van der Waals surface area contributed by atoms with E-state index in [-0.39, 0.29) is 23.8 Å². The number of hydrogen-bond acceptors (Lipinski definition) is 6. The predicted molar refractivity (Wildman–Crippen MR) is 153 cm³/mol. The van der Waals surface area contributed by atoms with Gasteiger partial charge in [-0.1, -0.05) is 18.1 Å². The number of anilines is 1. The number of hydrogen-bond donors (Lipinski definition) is 1. The summed E-state index contributed by atoms with van der Waals surface area (Å²) in [6.45, 7) is 7.20. The molecule has 3 heterocycles. The number of imidazole rings is 1. The molecular formula is C29H31F5N6O4. The number of aryl methyl sites for hydroxylation is 1. The van der Waals surface area contributed by atoms with Gasteiger partial charge in [-0.25, -0.2) is 31.5 Å². The lowest BCUT2D eigenvalue weighted by molar-refractivity contribution is 0.0499. The highest BCUT2D eigenvalue weighted by atomic mass is 19.2. The third kappa shape index (κ3) is 6.34. The monoisotopic (exact) mass is 622 g/mol. The van der Waals surface area contributed by atoms with E-state index >= 15 is 0 Å². The normalized spacial score (nSPS) is 15.5. The molecule has 1 aliphatic rings. The maximum absolute atomic E-state index is 14.1. The number of piperidine rings is 1. The van der Waals surface area contributed by atoms with Crippen LogP contribution >= 0.6 is 0 Å². The molecule has 0 radical (unpaired) electrons. The van der Waals surface area contributed by atoms with Crippen LogP contribution in [0.3, 0.4) is 0 Å². The summed E-state index contributed by atoms with van der Waals surface area (Å²) in [5.74, 6) is -4.65. The summed E-state index contributed by atoms with van der Waals surface area (Å²) in [4.78, 5) is 45.6. The summed E-state index contributed by atoms with van der Waals surface area (Å²) in [5, 5.41) is 2.85. The number of fused-ring (bicyclic) bond motifs is 1. The average molecular weight is 623 g/mol. The minimum Gasteiger partial charge on any atom is -0.444 e. The fourth-order valence-electron chi connectivity index (χ4n) is 4.87. The standard InChI is InChI=1S/C29H31F5N6O4/c1-6-7-13-39-23-24(36-26(39)38-12-8-10-16(15-38)35-27(42)44-29(2,3)4)37(5)28(43)40(25(23)41)14-9-11-17-18(30)20(32)22(34)21(33)19(17)31/h9,11,16H,8,10,12-15H2,1-5H3,(H,35,42). The van der Waals surface area contributed by atoms with E-state index in [1.165, 1.54) is 11.6 Å². The lowest BCUT2D eigenvalue weighted by Gasteiger charge is -2.34. The fraction of sp³-hybridized carbons (Fsp3) is 0.448. The highest BCUT2D eigenvalue weighted by Crippen LogP contribution is 2.25. The first-order valence-electron chi connectivity index (χ1n) is 13.7. The Kier molecular flexibility index (Phi) is 9.22. The highest BCUT2D eigenvalue weighted by molar-refractivity contribution is 5.75. The molecule has 1 fully saturated rings. The summed E-state index contributed by atoms with van der Waals surface area (Å²) >= 11 is 0. The summed E-state index contributed by atoms with van der Waals surface area (Å²) in [6.07, 6.45) is 2.33. The Morgan fingerprint density at radius 3 is 2.32 bits per heavy atom. The molecule has 10 nitrogen and oxygen atoms in total. The van der Waals surface area contributed by atoms with Crippen LogP contribution in [0.1, 0.15) is 46.1 Å². The van der Waals surface area contributed by atoms with Gasteiger partial charge in [0.1, 0.15) is 5.60 Å².